The van der Waals surface area contributed by atoms with Gasteiger partial charge in [-0.1, -0.05) is 103 Å². The van der Waals surface area contributed by atoms with Crippen LogP contribution in [0.2, 0.25) is 0 Å². The Kier molecular flexibility index (Phi) is 9.61. The van der Waals surface area contributed by atoms with Crippen molar-refractivity contribution in [1.29, 1.82) is 0 Å². The lowest BCUT2D eigenvalue weighted by Gasteiger charge is -2.19. The van der Waals surface area contributed by atoms with Gasteiger partial charge in [-0.05, 0) is 73.5 Å². The van der Waals surface area contributed by atoms with E-state index in [4.69, 9.17) is 0 Å². The van der Waals surface area contributed by atoms with Crippen molar-refractivity contribution in [3.63, 3.8) is 0 Å². The molecule has 5 nitrogen and oxygen atoms in total. The molecule has 3 N–H and O–H groups in total. The van der Waals surface area contributed by atoms with E-state index in [1.165, 1.54) is 12.0 Å². The number of hydrogen-bond acceptors (Lipinski definition) is 3. The number of carbonyl (C=O) groups excluding carboxylic acids is 2. The summed E-state index contributed by atoms with van der Waals surface area (Å²) in [6.07, 6.45) is 3.54. The van der Waals surface area contributed by atoms with E-state index in [1.807, 2.05) is 79.7 Å². The minimum absolute atomic E-state index is 0.153. The normalized spacial score (nSPS) is 16.5. The van der Waals surface area contributed by atoms with Crippen LogP contribution in [0.5, 0.6) is 0 Å². The Labute approximate surface area is 243 Å². The third kappa shape index (κ3) is 8.15. The van der Waals surface area contributed by atoms with Crippen LogP contribution in [0.3, 0.4) is 0 Å². The number of nitrogens with one attached hydrogen (secondary N) is 3. The fourth-order valence-electron chi connectivity index (χ4n) is 5.34. The van der Waals surface area contributed by atoms with Crippen LogP contribution in [-0.4, -0.2) is 30.4 Å². The third-order valence-corrected chi connectivity index (χ3v) is 7.77. The summed E-state index contributed by atoms with van der Waals surface area (Å²) in [5, 5.41) is 9.70. The molecule has 210 valence electrons. The average Bonchev–Trinajstić information content (AvgIpc) is 3.80. The second-order valence-electron chi connectivity index (χ2n) is 11.0. The van der Waals surface area contributed by atoms with E-state index >= 15 is 0 Å². The van der Waals surface area contributed by atoms with Crippen LogP contribution in [0.25, 0.3) is 11.1 Å². The maximum atomic E-state index is 13.2. The van der Waals surface area contributed by atoms with Crippen LogP contribution in [-0.2, 0) is 11.3 Å². The van der Waals surface area contributed by atoms with Gasteiger partial charge in [0, 0.05) is 24.1 Å². The summed E-state index contributed by atoms with van der Waals surface area (Å²) < 4.78 is 0. The Morgan fingerprint density at radius 3 is 2.24 bits per heavy atom. The number of benzene rings is 4. The highest BCUT2D eigenvalue weighted by atomic mass is 16.2. The van der Waals surface area contributed by atoms with Crippen LogP contribution in [0, 0.1) is 6.92 Å². The standard InChI is InChI=1S/C36H39N3O2/c1-26-11-10-12-27(23-26)25-38-36(41)33(17-8-9-22-37-34-24-32(34)30-15-6-3-7-16-30)39-35(40)31-20-18-29(19-21-31)28-13-4-2-5-14-28/h2-7,10-16,18-21,23,32-34,37H,8-9,17,22,24-25H2,1H3,(H,38,41)(H,39,40)/t32-,33-,34+/m0/s1. The lowest BCUT2D eigenvalue weighted by molar-refractivity contribution is -0.123. The second kappa shape index (κ2) is 13.9. The topological polar surface area (TPSA) is 70.2 Å². The predicted molar refractivity (Wildman–Crippen MR) is 166 cm³/mol. The molecule has 0 heterocycles. The molecule has 1 saturated carbocycles. The third-order valence-electron chi connectivity index (χ3n) is 7.77. The summed E-state index contributed by atoms with van der Waals surface area (Å²) in [4.78, 5) is 26.4. The number of rotatable bonds is 13. The number of carbonyl (C=O) groups is 2. The molecule has 41 heavy (non-hydrogen) atoms. The summed E-state index contributed by atoms with van der Waals surface area (Å²) in [6, 6.07) is 36.3. The molecule has 5 rings (SSSR count). The van der Waals surface area contributed by atoms with Crippen molar-refractivity contribution in [3.05, 3.63) is 131 Å². The second-order valence-corrected chi connectivity index (χ2v) is 11.0. The zero-order chi connectivity index (χ0) is 28.4. The largest absolute Gasteiger partial charge is 0.350 e. The lowest BCUT2D eigenvalue weighted by Crippen LogP contribution is -2.46. The van der Waals surface area contributed by atoms with Crippen molar-refractivity contribution in [2.24, 2.45) is 0 Å². The van der Waals surface area contributed by atoms with Crippen molar-refractivity contribution in [3.8, 4) is 11.1 Å². The number of aryl methyl sites for hydroxylation is 1. The van der Waals surface area contributed by atoms with Crippen molar-refractivity contribution in [2.45, 2.75) is 57.2 Å². The molecule has 0 spiro atoms. The maximum absolute atomic E-state index is 13.2. The fourth-order valence-corrected chi connectivity index (χ4v) is 5.34. The Morgan fingerprint density at radius 2 is 1.51 bits per heavy atom. The maximum Gasteiger partial charge on any atom is 0.251 e. The van der Waals surface area contributed by atoms with Crippen LogP contribution < -0.4 is 16.0 Å². The average molecular weight is 546 g/mol. The van der Waals surface area contributed by atoms with E-state index < -0.39 is 6.04 Å². The van der Waals surface area contributed by atoms with E-state index in [9.17, 15) is 9.59 Å². The molecule has 0 unspecified atom stereocenters. The van der Waals surface area contributed by atoms with Gasteiger partial charge in [0.2, 0.25) is 5.91 Å². The van der Waals surface area contributed by atoms with Gasteiger partial charge in [-0.15, -0.1) is 0 Å². The van der Waals surface area contributed by atoms with Gasteiger partial charge in [-0.3, -0.25) is 9.59 Å². The molecule has 0 aliphatic heterocycles. The lowest BCUT2D eigenvalue weighted by atomic mass is 10.0. The zero-order valence-electron chi connectivity index (χ0n) is 23.7. The summed E-state index contributed by atoms with van der Waals surface area (Å²) in [5.41, 5.74) is 6.29. The fraction of sp³-hybridized carbons (Fsp3) is 0.278. The quantitative estimate of drug-likeness (QED) is 0.171. The Balaban J connectivity index is 1.15. The first-order chi connectivity index (χ1) is 20.1. The van der Waals surface area contributed by atoms with Crippen molar-refractivity contribution < 1.29 is 9.59 Å². The predicted octanol–water partition coefficient (Wildman–Crippen LogP) is 6.39. The van der Waals surface area contributed by atoms with Gasteiger partial charge >= 0.3 is 0 Å². The molecule has 0 aromatic heterocycles. The molecule has 3 atom stereocenters. The summed E-state index contributed by atoms with van der Waals surface area (Å²) in [7, 11) is 0. The molecule has 0 bridgehead atoms. The van der Waals surface area contributed by atoms with Crippen LogP contribution in [0.15, 0.2) is 109 Å². The molecule has 1 aliphatic carbocycles. The smallest absolute Gasteiger partial charge is 0.251 e. The van der Waals surface area contributed by atoms with Gasteiger partial charge in [0.25, 0.3) is 5.91 Å². The minimum atomic E-state index is -0.598. The van der Waals surface area contributed by atoms with E-state index in [2.05, 4.69) is 52.3 Å². The highest BCUT2D eigenvalue weighted by Crippen LogP contribution is 2.40. The first-order valence-electron chi connectivity index (χ1n) is 14.6. The molecule has 1 aliphatic rings. The molecule has 4 aromatic carbocycles. The van der Waals surface area contributed by atoms with Gasteiger partial charge in [0.15, 0.2) is 0 Å². The van der Waals surface area contributed by atoms with Crippen molar-refractivity contribution in [2.75, 3.05) is 6.54 Å². The molecule has 5 heteroatoms. The molecule has 4 aromatic rings. The number of hydrogen-bond donors (Lipinski definition) is 3. The summed E-state index contributed by atoms with van der Waals surface area (Å²) in [5.74, 6) is 0.214. The van der Waals surface area contributed by atoms with Gasteiger partial charge < -0.3 is 16.0 Å². The van der Waals surface area contributed by atoms with Crippen LogP contribution in [0.1, 0.15) is 58.6 Å². The highest BCUT2D eigenvalue weighted by molar-refractivity contribution is 5.97. The Hall–Kier alpha value is -4.22. The molecule has 1 fully saturated rings. The molecular weight excluding hydrogens is 506 g/mol. The van der Waals surface area contributed by atoms with Gasteiger partial charge in [-0.25, -0.2) is 0 Å². The number of unbranched alkanes of at least 4 members (excludes halogenated alkanes) is 1. The summed E-state index contributed by atoms with van der Waals surface area (Å²) >= 11 is 0. The first-order valence-corrected chi connectivity index (χ1v) is 14.6. The first kappa shape index (κ1) is 28.3. The Bertz CT molecular complexity index is 1420. The van der Waals surface area contributed by atoms with E-state index in [0.29, 0.717) is 30.5 Å². The van der Waals surface area contributed by atoms with E-state index in [-0.39, 0.29) is 11.8 Å². The molecule has 0 radical (unpaired) electrons. The van der Waals surface area contributed by atoms with Gasteiger partial charge in [0.1, 0.15) is 6.04 Å². The molecular formula is C36H39N3O2. The van der Waals surface area contributed by atoms with Crippen LogP contribution >= 0.6 is 0 Å². The minimum Gasteiger partial charge on any atom is -0.350 e. The van der Waals surface area contributed by atoms with Crippen molar-refractivity contribution in [1.82, 2.24) is 16.0 Å². The van der Waals surface area contributed by atoms with Crippen LogP contribution in [0.4, 0.5) is 0 Å². The van der Waals surface area contributed by atoms with Gasteiger partial charge in [-0.2, -0.15) is 0 Å². The molecule has 0 saturated heterocycles. The summed E-state index contributed by atoms with van der Waals surface area (Å²) in [6.45, 7) is 3.37. The van der Waals surface area contributed by atoms with Crippen molar-refractivity contribution >= 4 is 11.8 Å². The Morgan fingerprint density at radius 1 is 0.805 bits per heavy atom. The van der Waals surface area contributed by atoms with E-state index in [1.54, 1.807) is 0 Å². The molecule has 2 amide bonds. The zero-order valence-corrected chi connectivity index (χ0v) is 23.7. The van der Waals surface area contributed by atoms with E-state index in [0.717, 1.165) is 41.6 Å². The van der Waals surface area contributed by atoms with Gasteiger partial charge in [0.05, 0.1) is 0 Å². The SMILES string of the molecule is Cc1cccc(CNC(=O)[C@H](CCCCN[C@@H]2C[C@H]2c2ccccc2)NC(=O)c2ccc(-c3ccccc3)cc2)c1. The highest BCUT2D eigenvalue weighted by Gasteiger charge is 2.37. The number of amides is 2. The monoisotopic (exact) mass is 545 g/mol.